The maximum Gasteiger partial charge on any atom is 0.261 e. The Morgan fingerprint density at radius 2 is 1.90 bits per heavy atom. The summed E-state index contributed by atoms with van der Waals surface area (Å²) >= 11 is 0. The van der Waals surface area contributed by atoms with E-state index in [1.165, 1.54) is 12.1 Å². The van der Waals surface area contributed by atoms with Crippen molar-refractivity contribution < 1.29 is 13.2 Å². The van der Waals surface area contributed by atoms with Crippen LogP contribution in [0.15, 0.2) is 29.2 Å². The number of carbonyl (C=O) groups excluding carboxylic acids is 1. The molecule has 1 heterocycles. The first-order valence-electron chi connectivity index (χ1n) is 6.99. The highest BCUT2D eigenvalue weighted by Gasteiger charge is 2.31. The smallest absolute Gasteiger partial charge is 0.261 e. The van der Waals surface area contributed by atoms with Gasteiger partial charge in [-0.2, -0.15) is 0 Å². The van der Waals surface area contributed by atoms with Gasteiger partial charge in [-0.1, -0.05) is 26.0 Å². The number of amides is 1. The second-order valence-electron chi connectivity index (χ2n) is 6.31. The number of benzene rings is 1. The molecule has 0 unspecified atom stereocenters. The maximum absolute atomic E-state index is 12.1. The first-order valence-corrected chi connectivity index (χ1v) is 9.30. The van der Waals surface area contributed by atoms with Crippen molar-refractivity contribution in [1.29, 1.82) is 0 Å². The number of likely N-dealkylation sites (tertiary alicyclic amines) is 1. The molecule has 1 fully saturated rings. The molecule has 0 bridgehead atoms. The third-order valence-corrected chi connectivity index (χ3v) is 5.23. The fourth-order valence-corrected chi connectivity index (χ4v) is 3.32. The van der Waals surface area contributed by atoms with Crippen molar-refractivity contribution in [2.45, 2.75) is 38.0 Å². The van der Waals surface area contributed by atoms with Crippen LogP contribution in [0.5, 0.6) is 0 Å². The van der Waals surface area contributed by atoms with E-state index in [0.717, 1.165) is 25.1 Å². The lowest BCUT2D eigenvalue weighted by Crippen LogP contribution is -2.30. The molecular weight excluding hydrogens is 310 g/mol. The molecule has 0 radical (unpaired) electrons. The SMILES string of the molecule is CC1(C)CCN(C(=O)CCc2ccc(S(=O)(=O)Cl)cc2)C1. The monoisotopic (exact) mass is 329 g/mol. The molecule has 1 amide bonds. The quantitative estimate of drug-likeness (QED) is 0.798. The molecule has 0 aromatic heterocycles. The van der Waals surface area contributed by atoms with Crippen molar-refractivity contribution in [2.24, 2.45) is 5.41 Å². The van der Waals surface area contributed by atoms with Crippen molar-refractivity contribution in [1.82, 2.24) is 4.90 Å². The van der Waals surface area contributed by atoms with Crippen molar-refractivity contribution in [3.63, 3.8) is 0 Å². The van der Waals surface area contributed by atoms with Gasteiger partial charge in [0.2, 0.25) is 5.91 Å². The number of rotatable bonds is 4. The molecule has 2 rings (SSSR count). The van der Waals surface area contributed by atoms with Crippen molar-refractivity contribution in [3.8, 4) is 0 Å². The van der Waals surface area contributed by atoms with Crippen LogP contribution in [0.4, 0.5) is 0 Å². The molecule has 4 nitrogen and oxygen atoms in total. The lowest BCUT2D eigenvalue weighted by atomic mass is 9.93. The Kier molecular flexibility index (Phi) is 4.63. The Morgan fingerprint density at radius 3 is 2.38 bits per heavy atom. The molecule has 0 saturated carbocycles. The van der Waals surface area contributed by atoms with Crippen LogP contribution in [0.2, 0.25) is 0 Å². The van der Waals surface area contributed by atoms with Crippen LogP contribution >= 0.6 is 10.7 Å². The van der Waals surface area contributed by atoms with Gasteiger partial charge in [0.25, 0.3) is 9.05 Å². The second-order valence-corrected chi connectivity index (χ2v) is 8.88. The summed E-state index contributed by atoms with van der Waals surface area (Å²) in [7, 11) is 1.58. The average molecular weight is 330 g/mol. The van der Waals surface area contributed by atoms with Gasteiger partial charge in [0, 0.05) is 30.2 Å². The Balaban J connectivity index is 1.90. The number of aryl methyl sites for hydroxylation is 1. The van der Waals surface area contributed by atoms with Gasteiger partial charge in [-0.15, -0.1) is 0 Å². The topological polar surface area (TPSA) is 54.5 Å². The highest BCUT2D eigenvalue weighted by Crippen LogP contribution is 2.29. The lowest BCUT2D eigenvalue weighted by Gasteiger charge is -2.19. The predicted molar refractivity (Wildman–Crippen MR) is 82.8 cm³/mol. The van der Waals surface area contributed by atoms with Crippen LogP contribution in [0.3, 0.4) is 0 Å². The van der Waals surface area contributed by atoms with Gasteiger partial charge >= 0.3 is 0 Å². The standard InChI is InChI=1S/C15H20ClNO3S/c1-15(2)9-10-17(11-15)14(18)8-5-12-3-6-13(7-4-12)21(16,19)20/h3-4,6-7H,5,8-11H2,1-2H3. The Bertz CT molecular complexity index is 623. The molecule has 0 spiro atoms. The minimum Gasteiger partial charge on any atom is -0.342 e. The summed E-state index contributed by atoms with van der Waals surface area (Å²) in [6.45, 7) is 5.99. The summed E-state index contributed by atoms with van der Waals surface area (Å²) in [4.78, 5) is 14.1. The van der Waals surface area contributed by atoms with E-state index >= 15 is 0 Å². The van der Waals surface area contributed by atoms with Gasteiger partial charge in [0.15, 0.2) is 0 Å². The molecule has 21 heavy (non-hydrogen) atoms. The Morgan fingerprint density at radius 1 is 1.29 bits per heavy atom. The number of carbonyl (C=O) groups is 1. The lowest BCUT2D eigenvalue weighted by molar-refractivity contribution is -0.130. The van der Waals surface area contributed by atoms with Crippen LogP contribution in [0.25, 0.3) is 0 Å². The van der Waals surface area contributed by atoms with E-state index in [2.05, 4.69) is 13.8 Å². The van der Waals surface area contributed by atoms with Crippen LogP contribution in [-0.2, 0) is 20.3 Å². The zero-order chi connectivity index (χ0) is 15.7. The molecule has 6 heteroatoms. The first-order chi connectivity index (χ1) is 9.67. The zero-order valence-electron chi connectivity index (χ0n) is 12.3. The average Bonchev–Trinajstić information content (AvgIpc) is 2.76. The molecule has 1 aliphatic rings. The van der Waals surface area contributed by atoms with Crippen LogP contribution in [0, 0.1) is 5.41 Å². The molecule has 1 aliphatic heterocycles. The van der Waals surface area contributed by atoms with Gasteiger partial charge in [-0.3, -0.25) is 4.79 Å². The van der Waals surface area contributed by atoms with Gasteiger partial charge in [0.05, 0.1) is 4.90 Å². The first kappa shape index (κ1) is 16.3. The van der Waals surface area contributed by atoms with E-state index in [1.807, 2.05) is 4.90 Å². The molecule has 1 aromatic carbocycles. The third kappa shape index (κ3) is 4.45. The third-order valence-electron chi connectivity index (χ3n) is 3.86. The molecule has 0 atom stereocenters. The second kappa shape index (κ2) is 5.97. The van der Waals surface area contributed by atoms with Crippen LogP contribution < -0.4 is 0 Å². The van der Waals surface area contributed by atoms with E-state index < -0.39 is 9.05 Å². The number of nitrogens with zero attached hydrogens (tertiary/aromatic N) is 1. The minimum atomic E-state index is -3.68. The van der Waals surface area contributed by atoms with Gasteiger partial charge in [0.1, 0.15) is 0 Å². The van der Waals surface area contributed by atoms with Gasteiger partial charge in [-0.05, 0) is 36.0 Å². The maximum atomic E-state index is 12.1. The molecule has 0 N–H and O–H groups in total. The summed E-state index contributed by atoms with van der Waals surface area (Å²) in [6.07, 6.45) is 2.10. The molecular formula is C15H20ClNO3S. The van der Waals surface area contributed by atoms with E-state index in [9.17, 15) is 13.2 Å². The highest BCUT2D eigenvalue weighted by molar-refractivity contribution is 8.13. The van der Waals surface area contributed by atoms with Gasteiger partial charge in [-0.25, -0.2) is 8.42 Å². The predicted octanol–water partition coefficient (Wildman–Crippen LogP) is 2.81. The van der Waals surface area contributed by atoms with Crippen LogP contribution in [0.1, 0.15) is 32.3 Å². The normalized spacial score (nSPS) is 18.0. The summed E-state index contributed by atoms with van der Waals surface area (Å²) in [6, 6.07) is 6.36. The van der Waals surface area contributed by atoms with E-state index in [0.29, 0.717) is 12.8 Å². The number of halogens is 1. The summed E-state index contributed by atoms with van der Waals surface area (Å²) in [5.74, 6) is 0.162. The zero-order valence-corrected chi connectivity index (χ0v) is 13.9. The molecule has 0 aliphatic carbocycles. The van der Waals surface area contributed by atoms with Crippen molar-refractivity contribution in [2.75, 3.05) is 13.1 Å². The molecule has 116 valence electrons. The molecule has 1 aromatic rings. The molecule has 1 saturated heterocycles. The minimum absolute atomic E-state index is 0.0838. The van der Waals surface area contributed by atoms with E-state index in [1.54, 1.807) is 12.1 Å². The summed E-state index contributed by atoms with van der Waals surface area (Å²) < 4.78 is 22.3. The highest BCUT2D eigenvalue weighted by atomic mass is 35.7. The largest absolute Gasteiger partial charge is 0.342 e. The van der Waals surface area contributed by atoms with Crippen molar-refractivity contribution in [3.05, 3.63) is 29.8 Å². The Hall–Kier alpha value is -1.07. The number of hydrogen-bond acceptors (Lipinski definition) is 3. The van der Waals surface area contributed by atoms with Crippen molar-refractivity contribution >= 4 is 25.6 Å². The Labute approximate surface area is 130 Å². The van der Waals surface area contributed by atoms with E-state index in [4.69, 9.17) is 10.7 Å². The fourth-order valence-electron chi connectivity index (χ4n) is 2.55. The number of hydrogen-bond donors (Lipinski definition) is 0. The summed E-state index contributed by atoms with van der Waals surface area (Å²) in [5, 5.41) is 0. The fraction of sp³-hybridized carbons (Fsp3) is 0.533. The van der Waals surface area contributed by atoms with Gasteiger partial charge < -0.3 is 4.90 Å². The van der Waals surface area contributed by atoms with Crippen LogP contribution in [-0.4, -0.2) is 32.3 Å². The van der Waals surface area contributed by atoms with E-state index in [-0.39, 0.29) is 16.2 Å². The summed E-state index contributed by atoms with van der Waals surface area (Å²) in [5.41, 5.74) is 1.15.